The predicted octanol–water partition coefficient (Wildman–Crippen LogP) is 4.50. The number of fused-ring (bicyclic) bond motifs is 2. The van der Waals surface area contributed by atoms with Gasteiger partial charge < -0.3 is 5.32 Å². The molecule has 0 atom stereocenters. The first-order chi connectivity index (χ1) is 15.6. The lowest BCUT2D eigenvalue weighted by Crippen LogP contribution is -2.27. The van der Waals surface area contributed by atoms with Crippen molar-refractivity contribution in [3.63, 3.8) is 0 Å². The van der Waals surface area contributed by atoms with Crippen molar-refractivity contribution in [1.29, 1.82) is 0 Å². The molecule has 1 N–H and O–H groups in total. The van der Waals surface area contributed by atoms with E-state index in [1.165, 1.54) is 29.8 Å². The molecule has 0 radical (unpaired) electrons. The van der Waals surface area contributed by atoms with Crippen LogP contribution in [-0.4, -0.2) is 30.6 Å². The summed E-state index contributed by atoms with van der Waals surface area (Å²) in [6.07, 6.45) is 0. The van der Waals surface area contributed by atoms with E-state index in [9.17, 15) is 18.0 Å². The maximum atomic E-state index is 14.4. The van der Waals surface area contributed by atoms with Crippen LogP contribution >= 0.6 is 22.6 Å². The minimum atomic E-state index is -0.991. The van der Waals surface area contributed by atoms with E-state index in [0.29, 0.717) is 20.5 Å². The average Bonchev–Trinajstić information content (AvgIpc) is 3.19. The molecule has 0 saturated carbocycles. The van der Waals surface area contributed by atoms with Gasteiger partial charge in [0.25, 0.3) is 0 Å². The number of aromatic nitrogens is 5. The zero-order valence-corrected chi connectivity index (χ0v) is 19.8. The lowest BCUT2D eigenvalue weighted by atomic mass is 9.88. The number of amides is 1. The molecule has 1 amide bonds. The van der Waals surface area contributed by atoms with Crippen LogP contribution in [0.3, 0.4) is 0 Å². The molecule has 1 aromatic carbocycles. The second-order valence-corrected chi connectivity index (χ2v) is 9.31. The number of halogens is 4. The standard InChI is InChI=1S/C22H16F3IN6O/c1-9-13(24)7-11-16(19-28-17(26)14-18(29-19)30-21(33)22(14,2)3)31-32(20(11)27-9)8-10-5-4-6-12(23)15(10)25/h4-7H,8H2,1-3H3,(H,28,29,30,33). The maximum absolute atomic E-state index is 14.4. The Hall–Kier alpha value is -3.09. The lowest BCUT2D eigenvalue weighted by molar-refractivity contribution is -0.119. The van der Waals surface area contributed by atoms with Gasteiger partial charge in [-0.1, -0.05) is 12.1 Å². The lowest BCUT2D eigenvalue weighted by Gasteiger charge is -2.15. The Morgan fingerprint density at radius 1 is 1.12 bits per heavy atom. The number of hydrogen-bond donors (Lipinski definition) is 1. The highest BCUT2D eigenvalue weighted by Gasteiger charge is 2.42. The molecular weight excluding hydrogens is 548 g/mol. The van der Waals surface area contributed by atoms with Gasteiger partial charge in [-0.15, -0.1) is 0 Å². The van der Waals surface area contributed by atoms with E-state index in [-0.39, 0.29) is 40.9 Å². The number of carbonyl (C=O) groups excluding carboxylic acids is 1. The van der Waals surface area contributed by atoms with Gasteiger partial charge in [0, 0.05) is 11.1 Å². The van der Waals surface area contributed by atoms with E-state index in [4.69, 9.17) is 0 Å². The molecule has 0 spiro atoms. The van der Waals surface area contributed by atoms with Crippen LogP contribution in [0.2, 0.25) is 0 Å². The van der Waals surface area contributed by atoms with Gasteiger partial charge in [-0.3, -0.25) is 4.79 Å². The van der Waals surface area contributed by atoms with E-state index in [1.54, 1.807) is 13.8 Å². The molecule has 3 aromatic heterocycles. The van der Waals surface area contributed by atoms with Gasteiger partial charge in [0.1, 0.15) is 21.0 Å². The number of benzene rings is 1. The van der Waals surface area contributed by atoms with Crippen molar-refractivity contribution >= 4 is 45.3 Å². The number of rotatable bonds is 3. The topological polar surface area (TPSA) is 85.6 Å². The summed E-state index contributed by atoms with van der Waals surface area (Å²) in [5.41, 5.74) is 0.555. The second-order valence-electron chi connectivity index (χ2n) is 8.29. The van der Waals surface area contributed by atoms with Crippen molar-refractivity contribution < 1.29 is 18.0 Å². The average molecular weight is 564 g/mol. The summed E-state index contributed by atoms with van der Waals surface area (Å²) in [6.45, 7) is 4.92. The van der Waals surface area contributed by atoms with Crippen LogP contribution in [0.4, 0.5) is 19.0 Å². The first-order valence-corrected chi connectivity index (χ1v) is 11.0. The molecule has 11 heteroatoms. The Morgan fingerprint density at radius 2 is 1.88 bits per heavy atom. The summed E-state index contributed by atoms with van der Waals surface area (Å²) < 4.78 is 44.4. The zero-order valence-electron chi connectivity index (χ0n) is 17.7. The van der Waals surface area contributed by atoms with Crippen LogP contribution in [0.25, 0.3) is 22.6 Å². The normalized spacial score (nSPS) is 14.6. The van der Waals surface area contributed by atoms with Crippen LogP contribution < -0.4 is 5.32 Å². The van der Waals surface area contributed by atoms with Gasteiger partial charge in [0.05, 0.1) is 23.0 Å². The number of aryl methyl sites for hydroxylation is 1. The highest BCUT2D eigenvalue weighted by Crippen LogP contribution is 2.40. The van der Waals surface area contributed by atoms with E-state index in [0.717, 1.165) is 6.07 Å². The third-order valence-corrected chi connectivity index (χ3v) is 6.49. The van der Waals surface area contributed by atoms with Crippen molar-refractivity contribution in [2.75, 3.05) is 5.32 Å². The van der Waals surface area contributed by atoms with Gasteiger partial charge in [-0.25, -0.2) is 32.8 Å². The molecule has 1 aliphatic heterocycles. The summed E-state index contributed by atoms with van der Waals surface area (Å²) in [5, 5.41) is 7.56. The van der Waals surface area contributed by atoms with Crippen LogP contribution in [-0.2, 0) is 16.8 Å². The number of pyridine rings is 1. The Kier molecular flexibility index (Phi) is 4.92. The monoisotopic (exact) mass is 564 g/mol. The molecule has 4 heterocycles. The zero-order chi connectivity index (χ0) is 23.7. The van der Waals surface area contributed by atoms with E-state index in [2.05, 4.69) is 25.4 Å². The number of carbonyl (C=O) groups is 1. The minimum absolute atomic E-state index is 0.0631. The number of nitrogens with one attached hydrogen (secondary N) is 1. The van der Waals surface area contributed by atoms with Gasteiger partial charge in [0.2, 0.25) is 5.91 Å². The molecular formula is C22H16F3IN6O. The van der Waals surface area contributed by atoms with Gasteiger partial charge >= 0.3 is 0 Å². The molecule has 168 valence electrons. The fraction of sp³-hybridized carbons (Fsp3) is 0.227. The number of nitrogens with zero attached hydrogens (tertiary/aromatic N) is 5. The third-order valence-electron chi connectivity index (χ3n) is 5.70. The SMILES string of the molecule is Cc1nc2c(cc1F)c(-c1nc(I)c3c(n1)NC(=O)C3(C)C)nn2Cc1cccc(F)c1F. The van der Waals surface area contributed by atoms with Crippen molar-refractivity contribution in [3.05, 3.63) is 62.2 Å². The largest absolute Gasteiger partial charge is 0.310 e. The van der Waals surface area contributed by atoms with Crippen molar-refractivity contribution in [2.45, 2.75) is 32.7 Å². The molecule has 1 aliphatic rings. The molecule has 5 rings (SSSR count). The predicted molar refractivity (Wildman–Crippen MR) is 123 cm³/mol. The minimum Gasteiger partial charge on any atom is -0.310 e. The highest BCUT2D eigenvalue weighted by molar-refractivity contribution is 14.1. The quantitative estimate of drug-likeness (QED) is 0.293. The smallest absolute Gasteiger partial charge is 0.235 e. The summed E-state index contributed by atoms with van der Waals surface area (Å²) in [5.74, 6) is -2.21. The summed E-state index contributed by atoms with van der Waals surface area (Å²) in [7, 11) is 0. The fourth-order valence-corrected chi connectivity index (χ4v) is 4.99. The van der Waals surface area contributed by atoms with E-state index < -0.39 is 22.9 Å². The fourth-order valence-electron chi connectivity index (χ4n) is 3.83. The molecule has 7 nitrogen and oxygen atoms in total. The van der Waals surface area contributed by atoms with Gasteiger partial charge in [-0.05, 0) is 55.5 Å². The van der Waals surface area contributed by atoms with Crippen molar-refractivity contribution in [1.82, 2.24) is 24.7 Å². The molecule has 0 saturated heterocycles. The molecule has 0 bridgehead atoms. The summed E-state index contributed by atoms with van der Waals surface area (Å²) in [4.78, 5) is 25.7. The van der Waals surface area contributed by atoms with E-state index in [1.807, 2.05) is 22.6 Å². The molecule has 33 heavy (non-hydrogen) atoms. The van der Waals surface area contributed by atoms with Crippen molar-refractivity contribution in [3.8, 4) is 11.5 Å². The second kappa shape index (κ2) is 7.47. The number of anilines is 1. The first kappa shape index (κ1) is 21.7. The molecule has 0 fully saturated rings. The Balaban J connectivity index is 1.71. The molecule has 0 unspecified atom stereocenters. The Morgan fingerprint density at radius 3 is 2.64 bits per heavy atom. The molecule has 4 aromatic rings. The maximum Gasteiger partial charge on any atom is 0.235 e. The Labute approximate surface area is 199 Å². The third kappa shape index (κ3) is 3.36. The molecule has 0 aliphatic carbocycles. The summed E-state index contributed by atoms with van der Waals surface area (Å²) >= 11 is 2.02. The number of hydrogen-bond acceptors (Lipinski definition) is 5. The first-order valence-electron chi connectivity index (χ1n) is 9.94. The summed E-state index contributed by atoms with van der Waals surface area (Å²) in [6, 6.07) is 5.13. The van der Waals surface area contributed by atoms with Gasteiger partial charge in [0.15, 0.2) is 23.1 Å². The highest BCUT2D eigenvalue weighted by atomic mass is 127. The van der Waals surface area contributed by atoms with Crippen LogP contribution in [0.5, 0.6) is 0 Å². The van der Waals surface area contributed by atoms with E-state index >= 15 is 0 Å². The van der Waals surface area contributed by atoms with Crippen LogP contribution in [0.1, 0.15) is 30.7 Å². The van der Waals surface area contributed by atoms with Crippen LogP contribution in [0.15, 0.2) is 24.3 Å². The van der Waals surface area contributed by atoms with Crippen molar-refractivity contribution in [2.24, 2.45) is 0 Å². The van der Waals surface area contributed by atoms with Gasteiger partial charge in [-0.2, -0.15) is 5.10 Å². The Bertz CT molecular complexity index is 1480. The van der Waals surface area contributed by atoms with Crippen LogP contribution in [0, 0.1) is 28.1 Å².